The van der Waals surface area contributed by atoms with Crippen molar-refractivity contribution in [3.05, 3.63) is 102 Å². The number of Topliss-reactive ketones (excluding diaryl/α,β-unsaturated/α-hetero) is 2. The molecule has 0 spiro atoms. The third-order valence-corrected chi connectivity index (χ3v) is 7.81. The molecule has 8 N–H and O–H groups in total. The Morgan fingerprint density at radius 3 is 2.24 bits per heavy atom. The lowest BCUT2D eigenvalue weighted by molar-refractivity contribution is -0.139. The minimum atomic E-state index is -1.43. The molecule has 0 saturated carbocycles. The first kappa shape index (κ1) is 41.7. The quantitative estimate of drug-likeness (QED) is 0.0458. The van der Waals surface area contributed by atoms with Crippen LogP contribution in [0.5, 0.6) is 5.75 Å². The van der Waals surface area contributed by atoms with Crippen molar-refractivity contribution in [2.24, 2.45) is 10.7 Å². The van der Waals surface area contributed by atoms with Gasteiger partial charge in [-0.2, -0.15) is 0 Å². The highest BCUT2D eigenvalue weighted by molar-refractivity contribution is 6.00. The van der Waals surface area contributed by atoms with Gasteiger partial charge in [0.25, 0.3) is 5.91 Å². The molecule has 0 aromatic heterocycles. The van der Waals surface area contributed by atoms with Gasteiger partial charge in [0.15, 0.2) is 11.6 Å². The van der Waals surface area contributed by atoms with Gasteiger partial charge >= 0.3 is 12.0 Å². The number of ketones is 2. The Hall–Kier alpha value is -6.73. The molecule has 1 unspecified atom stereocenters. The lowest BCUT2D eigenvalue weighted by Gasteiger charge is -2.18. The molecule has 3 rings (SSSR count). The molecule has 284 valence electrons. The van der Waals surface area contributed by atoms with Gasteiger partial charge in [0.2, 0.25) is 5.91 Å². The number of carbonyl (C=O) groups is 6. The van der Waals surface area contributed by atoms with E-state index >= 15 is 0 Å². The lowest BCUT2D eigenvalue weighted by atomic mass is 10.0. The molecule has 1 atom stereocenters. The van der Waals surface area contributed by atoms with Crippen LogP contribution in [0.15, 0.2) is 84.6 Å². The van der Waals surface area contributed by atoms with Gasteiger partial charge in [-0.15, -0.1) is 0 Å². The molecule has 0 bridgehead atoms. The number of benzene rings is 3. The number of carbonyl (C=O) groups excluding carboxylic acids is 5. The Kier molecular flexibility index (Phi) is 16.2. The second kappa shape index (κ2) is 21.0. The highest BCUT2D eigenvalue weighted by atomic mass is 16.5. The van der Waals surface area contributed by atoms with E-state index in [0.29, 0.717) is 59.0 Å². The van der Waals surface area contributed by atoms with Crippen LogP contribution in [0.1, 0.15) is 63.9 Å². The Morgan fingerprint density at radius 1 is 0.889 bits per heavy atom. The summed E-state index contributed by atoms with van der Waals surface area (Å²) in [5.74, 6) is 0.168. The first-order chi connectivity index (χ1) is 25.7. The SMILES string of the molecule is C=C=Nc1ccc(NC(=O)NCC(=O)CCCCOc2cc(C)c(C(=O)NC(CNC(=O)CCC(=O)c3cccc(NC(=C)N)c3)C(=O)O)c(C)c2)cc1. The number of hydrogen-bond donors (Lipinski definition) is 7. The molecule has 0 aliphatic carbocycles. The predicted molar refractivity (Wildman–Crippen MR) is 205 cm³/mol. The van der Waals surface area contributed by atoms with Crippen molar-refractivity contribution in [3.63, 3.8) is 0 Å². The van der Waals surface area contributed by atoms with Crippen molar-refractivity contribution in [3.8, 4) is 5.75 Å². The van der Waals surface area contributed by atoms with Gasteiger partial charge in [0, 0.05) is 48.3 Å². The van der Waals surface area contributed by atoms with E-state index in [1.165, 1.54) is 0 Å². The number of urea groups is 1. The average molecular weight is 740 g/mol. The zero-order chi connectivity index (χ0) is 39.6. The number of amides is 4. The highest BCUT2D eigenvalue weighted by Gasteiger charge is 2.24. The fraction of sp³-hybridized carbons (Fsp3) is 0.282. The fourth-order valence-electron chi connectivity index (χ4n) is 5.19. The van der Waals surface area contributed by atoms with Gasteiger partial charge in [-0.1, -0.05) is 18.7 Å². The summed E-state index contributed by atoms with van der Waals surface area (Å²) in [6.45, 7) is 10.1. The van der Waals surface area contributed by atoms with Gasteiger partial charge < -0.3 is 42.2 Å². The summed E-state index contributed by atoms with van der Waals surface area (Å²) >= 11 is 0. The molecule has 15 nitrogen and oxygen atoms in total. The number of carboxylic acids is 1. The zero-order valence-corrected chi connectivity index (χ0v) is 30.3. The Balaban J connectivity index is 1.39. The first-order valence-electron chi connectivity index (χ1n) is 17.0. The maximum Gasteiger partial charge on any atom is 0.328 e. The standard InChI is InChI=1S/C39H45N7O8/c1-5-41-28-12-14-29(15-13-28)45-39(53)43-22-31(47)11-6-7-18-54-32-19-24(2)36(25(3)20-32)37(50)46-33(38(51)52)23-42-35(49)17-16-34(48)27-9-8-10-30(21-27)44-26(4)40/h8-10,12-15,19-21,33,44H,1,4,6-7,11,16-18,22-23,40H2,2-3H3,(H,42,49)(H,46,50)(H,51,52)(H2,43,45,53). The van der Waals surface area contributed by atoms with E-state index in [2.05, 4.69) is 50.6 Å². The number of aliphatic imine (C=N–C) groups is 1. The molecule has 15 heteroatoms. The van der Waals surface area contributed by atoms with Gasteiger partial charge in [-0.25, -0.2) is 14.6 Å². The van der Waals surface area contributed by atoms with Crippen molar-refractivity contribution in [1.29, 1.82) is 0 Å². The number of carboxylic acid groups (broad SMARTS) is 1. The van der Waals surface area contributed by atoms with Crippen LogP contribution in [0.25, 0.3) is 0 Å². The molecule has 54 heavy (non-hydrogen) atoms. The number of nitrogens with one attached hydrogen (secondary N) is 5. The number of nitrogens with two attached hydrogens (primary N) is 1. The molecule has 4 amide bonds. The van der Waals surface area contributed by atoms with Crippen molar-refractivity contribution >= 4 is 58.3 Å². The summed E-state index contributed by atoms with van der Waals surface area (Å²) in [4.78, 5) is 78.4. The molecule has 3 aromatic rings. The minimum Gasteiger partial charge on any atom is -0.494 e. The summed E-state index contributed by atoms with van der Waals surface area (Å²) in [5.41, 5.74) is 9.02. The van der Waals surface area contributed by atoms with Gasteiger partial charge in [-0.05, 0) is 98.8 Å². The van der Waals surface area contributed by atoms with E-state index in [4.69, 9.17) is 10.5 Å². The van der Waals surface area contributed by atoms with Gasteiger partial charge in [-0.3, -0.25) is 19.2 Å². The molecule has 3 aromatic carbocycles. The second-order valence-corrected chi connectivity index (χ2v) is 12.2. The topological polar surface area (TPSA) is 230 Å². The molecule has 0 aliphatic heterocycles. The van der Waals surface area contributed by atoms with E-state index < -0.39 is 36.4 Å². The highest BCUT2D eigenvalue weighted by Crippen LogP contribution is 2.23. The fourth-order valence-corrected chi connectivity index (χ4v) is 5.19. The van der Waals surface area contributed by atoms with Crippen LogP contribution >= 0.6 is 0 Å². The third-order valence-electron chi connectivity index (χ3n) is 7.81. The molecule has 0 heterocycles. The van der Waals surface area contributed by atoms with Crippen molar-refractivity contribution in [1.82, 2.24) is 16.0 Å². The maximum absolute atomic E-state index is 13.1. The van der Waals surface area contributed by atoms with Crippen LogP contribution < -0.4 is 37.1 Å². The van der Waals surface area contributed by atoms with Gasteiger partial charge in [0.1, 0.15) is 11.8 Å². The molecule has 0 radical (unpaired) electrons. The van der Waals surface area contributed by atoms with Crippen LogP contribution in [0.2, 0.25) is 0 Å². The van der Waals surface area contributed by atoms with E-state index in [1.807, 2.05) is 0 Å². The number of aliphatic carboxylic acids is 1. The largest absolute Gasteiger partial charge is 0.494 e. The normalized spacial score (nSPS) is 10.9. The number of nitrogens with zero attached hydrogens (tertiary/aromatic N) is 1. The summed E-state index contributed by atoms with van der Waals surface area (Å²) < 4.78 is 5.83. The number of anilines is 2. The maximum atomic E-state index is 13.1. The van der Waals surface area contributed by atoms with Crippen LogP contribution in [-0.2, 0) is 14.4 Å². The van der Waals surface area contributed by atoms with Gasteiger partial charge in [0.05, 0.1) is 24.7 Å². The Morgan fingerprint density at radius 2 is 1.59 bits per heavy atom. The van der Waals surface area contributed by atoms with Crippen LogP contribution in [0, 0.1) is 13.8 Å². The summed E-state index contributed by atoms with van der Waals surface area (Å²) in [6, 6.07) is 14.6. The van der Waals surface area contributed by atoms with E-state index in [-0.39, 0.29) is 48.8 Å². The van der Waals surface area contributed by atoms with Crippen LogP contribution in [-0.4, -0.2) is 72.1 Å². The molecular formula is C39H45N7O8. The smallest absolute Gasteiger partial charge is 0.328 e. The van der Waals surface area contributed by atoms with Crippen LogP contribution in [0.4, 0.5) is 21.9 Å². The summed E-state index contributed by atoms with van der Waals surface area (Å²) in [6.07, 6.45) is 1.05. The van der Waals surface area contributed by atoms with E-state index in [1.54, 1.807) is 74.5 Å². The number of rotatable bonds is 21. The van der Waals surface area contributed by atoms with E-state index in [9.17, 15) is 33.9 Å². The number of aryl methyl sites for hydroxylation is 2. The summed E-state index contributed by atoms with van der Waals surface area (Å²) in [7, 11) is 0. The second-order valence-electron chi connectivity index (χ2n) is 12.2. The molecular weight excluding hydrogens is 694 g/mol. The van der Waals surface area contributed by atoms with Crippen molar-refractivity contribution in [2.45, 2.75) is 52.0 Å². The van der Waals surface area contributed by atoms with E-state index in [0.717, 1.165) is 0 Å². The van der Waals surface area contributed by atoms with Crippen molar-refractivity contribution < 1.29 is 38.6 Å². The summed E-state index contributed by atoms with van der Waals surface area (Å²) in [5, 5.41) is 22.6. The zero-order valence-electron chi connectivity index (χ0n) is 30.3. The lowest BCUT2D eigenvalue weighted by Crippen LogP contribution is -2.48. The minimum absolute atomic E-state index is 0.115. The number of ether oxygens (including phenoxy) is 1. The average Bonchev–Trinajstić information content (AvgIpc) is 3.11. The Labute approximate surface area is 313 Å². The molecule has 0 saturated heterocycles. The third kappa shape index (κ3) is 14.1. The monoisotopic (exact) mass is 739 g/mol. The van der Waals surface area contributed by atoms with Crippen molar-refractivity contribution in [2.75, 3.05) is 30.3 Å². The number of hydrogen-bond acceptors (Lipinski definition) is 10. The first-order valence-corrected chi connectivity index (χ1v) is 17.0. The van der Waals surface area contributed by atoms with Crippen LogP contribution in [0.3, 0.4) is 0 Å². The Bertz CT molecular complexity index is 1900. The number of unbranched alkanes of at least 4 members (excludes halogenated alkanes) is 1. The molecule has 0 fully saturated rings. The predicted octanol–water partition coefficient (Wildman–Crippen LogP) is 4.53. The molecule has 0 aliphatic rings.